The lowest BCUT2D eigenvalue weighted by atomic mass is 10.2. The van der Waals surface area contributed by atoms with Crippen molar-refractivity contribution >= 4 is 0 Å². The third kappa shape index (κ3) is 2.63. The molecular formula is C12H13N3O2. The van der Waals surface area contributed by atoms with Crippen molar-refractivity contribution in [2.45, 2.75) is 13.5 Å². The molecular weight excluding hydrogens is 218 g/mol. The Morgan fingerprint density at radius 1 is 1.35 bits per heavy atom. The van der Waals surface area contributed by atoms with E-state index < -0.39 is 0 Å². The molecule has 0 amide bonds. The first kappa shape index (κ1) is 11.2. The highest BCUT2D eigenvalue weighted by atomic mass is 16.5. The first-order chi connectivity index (χ1) is 8.16. The Morgan fingerprint density at radius 2 is 2.06 bits per heavy atom. The zero-order valence-corrected chi connectivity index (χ0v) is 9.42. The summed E-state index contributed by atoms with van der Waals surface area (Å²) in [5, 5.41) is 16.7. The zero-order chi connectivity index (χ0) is 12.3. The molecule has 0 saturated heterocycles. The molecule has 1 aromatic heterocycles. The van der Waals surface area contributed by atoms with E-state index in [1.165, 1.54) is 0 Å². The van der Waals surface area contributed by atoms with E-state index in [4.69, 9.17) is 10.1 Å². The van der Waals surface area contributed by atoms with Gasteiger partial charge in [-0.05, 0) is 12.5 Å². The molecule has 2 N–H and O–H groups in total. The molecule has 0 unspecified atom stereocenters. The molecule has 0 fully saturated rings. The van der Waals surface area contributed by atoms with Crippen molar-refractivity contribution in [3.8, 4) is 5.88 Å². The maximum atomic E-state index is 9.33. The van der Waals surface area contributed by atoms with Gasteiger partial charge in [0.25, 0.3) is 5.62 Å². The predicted octanol–water partition coefficient (Wildman–Crippen LogP) is 1.49. The number of aromatic nitrogens is 2. The molecule has 0 aliphatic heterocycles. The molecule has 0 radical (unpaired) electrons. The maximum absolute atomic E-state index is 9.33. The third-order valence-electron chi connectivity index (χ3n) is 2.31. The minimum absolute atomic E-state index is 0.243. The molecule has 0 bridgehead atoms. The topological polar surface area (TPSA) is 71.1 Å². The van der Waals surface area contributed by atoms with Gasteiger partial charge >= 0.3 is 0 Å². The summed E-state index contributed by atoms with van der Waals surface area (Å²) >= 11 is 0. The van der Waals surface area contributed by atoms with Crippen molar-refractivity contribution in [3.63, 3.8) is 0 Å². The van der Waals surface area contributed by atoms with Crippen LogP contribution >= 0.6 is 0 Å². The molecule has 2 aromatic rings. The van der Waals surface area contributed by atoms with Crippen LogP contribution in [0.3, 0.4) is 0 Å². The molecule has 0 aliphatic carbocycles. The van der Waals surface area contributed by atoms with Gasteiger partial charge in [-0.1, -0.05) is 30.3 Å². The molecule has 0 aliphatic rings. The Hall–Kier alpha value is -2.30. The van der Waals surface area contributed by atoms with E-state index in [9.17, 15) is 5.21 Å². The van der Waals surface area contributed by atoms with Gasteiger partial charge in [0.2, 0.25) is 5.88 Å². The van der Waals surface area contributed by atoms with Crippen LogP contribution in [0.2, 0.25) is 0 Å². The first-order valence-electron chi connectivity index (χ1n) is 5.18. The largest absolute Gasteiger partial charge is 0.473 e. The Bertz CT molecular complexity index is 564. The van der Waals surface area contributed by atoms with Gasteiger partial charge in [-0.3, -0.25) is 5.41 Å². The monoisotopic (exact) mass is 231 g/mol. The maximum Gasteiger partial charge on any atom is 0.258 e. The molecule has 88 valence electrons. The number of hydrogen-bond acceptors (Lipinski definition) is 4. The number of aryl methyl sites for hydroxylation is 1. The van der Waals surface area contributed by atoms with Crippen molar-refractivity contribution in [2.75, 3.05) is 0 Å². The highest BCUT2D eigenvalue weighted by Gasteiger charge is 2.02. The van der Waals surface area contributed by atoms with E-state index in [0.29, 0.717) is 22.9 Å². The van der Waals surface area contributed by atoms with Gasteiger partial charge < -0.3 is 9.94 Å². The summed E-state index contributed by atoms with van der Waals surface area (Å²) in [6, 6.07) is 11.3. The lowest BCUT2D eigenvalue weighted by Gasteiger charge is -2.07. The number of nitrogens with one attached hydrogen (secondary N) is 1. The van der Waals surface area contributed by atoms with Crippen molar-refractivity contribution in [3.05, 3.63) is 53.3 Å². The quantitative estimate of drug-likeness (QED) is 0.786. The molecule has 17 heavy (non-hydrogen) atoms. The van der Waals surface area contributed by atoms with Crippen LogP contribution in [0, 0.1) is 12.3 Å². The summed E-state index contributed by atoms with van der Waals surface area (Å²) in [5.41, 5.74) is 1.29. The number of hydrogen-bond donors (Lipinski definition) is 2. The second kappa shape index (κ2) is 4.69. The van der Waals surface area contributed by atoms with Gasteiger partial charge in [0, 0.05) is 6.07 Å². The minimum Gasteiger partial charge on any atom is -0.473 e. The second-order valence-corrected chi connectivity index (χ2v) is 3.65. The van der Waals surface area contributed by atoms with E-state index in [0.717, 1.165) is 5.56 Å². The molecule has 2 rings (SSSR count). The van der Waals surface area contributed by atoms with E-state index in [2.05, 4.69) is 4.98 Å². The molecule has 5 nitrogen and oxygen atoms in total. The SMILES string of the molecule is Cc1cc(OCc2ccccc2)nc(=N)n1O. The van der Waals surface area contributed by atoms with Crippen molar-refractivity contribution < 1.29 is 9.94 Å². The van der Waals surface area contributed by atoms with Crippen LogP contribution in [-0.2, 0) is 6.61 Å². The smallest absolute Gasteiger partial charge is 0.258 e. The van der Waals surface area contributed by atoms with Crippen molar-refractivity contribution in [1.29, 1.82) is 5.41 Å². The highest BCUT2D eigenvalue weighted by Crippen LogP contribution is 2.08. The fourth-order valence-electron chi connectivity index (χ4n) is 1.40. The van der Waals surface area contributed by atoms with Crippen molar-refractivity contribution in [1.82, 2.24) is 9.71 Å². The highest BCUT2D eigenvalue weighted by molar-refractivity contribution is 5.16. The van der Waals surface area contributed by atoms with Crippen LogP contribution in [0.1, 0.15) is 11.3 Å². The average Bonchev–Trinajstić information content (AvgIpc) is 2.34. The fraction of sp³-hybridized carbons (Fsp3) is 0.167. The Balaban J connectivity index is 2.13. The van der Waals surface area contributed by atoms with Gasteiger partial charge in [-0.25, -0.2) is 0 Å². The summed E-state index contributed by atoms with van der Waals surface area (Å²) in [4.78, 5) is 3.81. The van der Waals surface area contributed by atoms with Crippen LogP contribution in [-0.4, -0.2) is 14.9 Å². The Morgan fingerprint density at radius 3 is 2.71 bits per heavy atom. The van der Waals surface area contributed by atoms with Gasteiger partial charge in [0.15, 0.2) is 0 Å². The number of nitrogens with zero attached hydrogens (tertiary/aromatic N) is 2. The fourth-order valence-corrected chi connectivity index (χ4v) is 1.40. The summed E-state index contributed by atoms with van der Waals surface area (Å²) in [6.07, 6.45) is 0. The molecule has 0 saturated carbocycles. The Labute approximate surface area is 98.4 Å². The van der Waals surface area contributed by atoms with E-state index in [1.807, 2.05) is 30.3 Å². The lowest BCUT2D eigenvalue weighted by molar-refractivity contribution is 0.154. The van der Waals surface area contributed by atoms with Crippen LogP contribution in [0.25, 0.3) is 0 Å². The van der Waals surface area contributed by atoms with E-state index in [-0.39, 0.29) is 5.62 Å². The summed E-state index contributed by atoms with van der Waals surface area (Å²) in [6.45, 7) is 2.07. The van der Waals surface area contributed by atoms with Gasteiger partial charge in [-0.2, -0.15) is 9.71 Å². The minimum atomic E-state index is -0.243. The Kier molecular flexibility index (Phi) is 3.09. The standard InChI is InChI=1S/C12H13N3O2/c1-9-7-11(14-12(13)15(9)16)17-8-10-5-3-2-4-6-10/h2-7,13,16H,8H2,1H3. The summed E-state index contributed by atoms with van der Waals surface area (Å²) in [5.74, 6) is 0.335. The van der Waals surface area contributed by atoms with E-state index in [1.54, 1.807) is 13.0 Å². The third-order valence-corrected chi connectivity index (χ3v) is 2.31. The summed E-state index contributed by atoms with van der Waals surface area (Å²) < 4.78 is 6.16. The lowest BCUT2D eigenvalue weighted by Crippen LogP contribution is -2.23. The molecule has 0 atom stereocenters. The van der Waals surface area contributed by atoms with Gasteiger partial charge in [-0.15, -0.1) is 0 Å². The van der Waals surface area contributed by atoms with Crippen LogP contribution in [0.15, 0.2) is 36.4 Å². The average molecular weight is 231 g/mol. The number of ether oxygens (including phenoxy) is 1. The molecule has 1 heterocycles. The van der Waals surface area contributed by atoms with Gasteiger partial charge in [0.1, 0.15) is 6.61 Å². The van der Waals surface area contributed by atoms with Crippen molar-refractivity contribution in [2.24, 2.45) is 0 Å². The normalized spacial score (nSPS) is 10.2. The number of rotatable bonds is 3. The first-order valence-corrected chi connectivity index (χ1v) is 5.18. The van der Waals surface area contributed by atoms with Crippen LogP contribution in [0.5, 0.6) is 5.88 Å². The van der Waals surface area contributed by atoms with Crippen LogP contribution < -0.4 is 10.4 Å². The van der Waals surface area contributed by atoms with E-state index >= 15 is 0 Å². The second-order valence-electron chi connectivity index (χ2n) is 3.65. The zero-order valence-electron chi connectivity index (χ0n) is 9.42. The molecule has 1 aromatic carbocycles. The molecule has 0 spiro atoms. The molecule has 5 heteroatoms. The van der Waals surface area contributed by atoms with Gasteiger partial charge in [0.05, 0.1) is 5.69 Å². The summed E-state index contributed by atoms with van der Waals surface area (Å²) in [7, 11) is 0. The van der Waals surface area contributed by atoms with Crippen LogP contribution in [0.4, 0.5) is 0 Å². The number of benzene rings is 1. The predicted molar refractivity (Wildman–Crippen MR) is 60.8 cm³/mol.